The fraction of sp³-hybridized carbons (Fsp3) is 0.222. The molecule has 4 heteroatoms. The van der Waals surface area contributed by atoms with E-state index in [0.29, 0.717) is 5.76 Å². The Kier molecular flexibility index (Phi) is 1.90. The molecule has 13 heavy (non-hydrogen) atoms. The summed E-state index contributed by atoms with van der Waals surface area (Å²) in [4.78, 5) is 3.97. The molecule has 4 nitrogen and oxygen atoms in total. The van der Waals surface area contributed by atoms with Crippen LogP contribution in [0.5, 0.6) is 0 Å². The molecule has 2 aromatic heterocycles. The number of aliphatic hydroxyl groups excluding tert-OH is 1. The Bertz CT molecular complexity index is 403. The lowest BCUT2D eigenvalue weighted by Crippen LogP contribution is -1.87. The van der Waals surface area contributed by atoms with Gasteiger partial charge in [0.2, 0.25) is 0 Å². The predicted octanol–water partition coefficient (Wildman–Crippen LogP) is 1.17. The third-order valence-electron chi connectivity index (χ3n) is 1.89. The van der Waals surface area contributed by atoms with Crippen LogP contribution in [0.1, 0.15) is 5.76 Å². The fourth-order valence-corrected chi connectivity index (χ4v) is 1.20. The Labute approximate surface area is 75.4 Å². The first kappa shape index (κ1) is 8.07. The van der Waals surface area contributed by atoms with Crippen LogP contribution < -0.4 is 0 Å². The number of hydrogen-bond acceptors (Lipinski definition) is 3. The standard InChI is InChI=1S/C9H10N2O2/c1-11-6-10-4-8(11)9-3-2-7(5-12)13-9/h2-4,6,12H,5H2,1H3. The Morgan fingerprint density at radius 3 is 2.92 bits per heavy atom. The highest BCUT2D eigenvalue weighted by atomic mass is 16.4. The Hall–Kier alpha value is -1.55. The van der Waals surface area contributed by atoms with Crippen molar-refractivity contribution in [3.8, 4) is 11.5 Å². The molecule has 2 aromatic rings. The van der Waals surface area contributed by atoms with Crippen molar-refractivity contribution in [2.24, 2.45) is 7.05 Å². The monoisotopic (exact) mass is 178 g/mol. The molecule has 0 aromatic carbocycles. The number of nitrogens with zero attached hydrogens (tertiary/aromatic N) is 2. The highest BCUT2D eigenvalue weighted by Crippen LogP contribution is 2.20. The summed E-state index contributed by atoms with van der Waals surface area (Å²) in [5.41, 5.74) is 0.903. The summed E-state index contributed by atoms with van der Waals surface area (Å²) in [5, 5.41) is 8.80. The maximum atomic E-state index is 8.80. The van der Waals surface area contributed by atoms with Gasteiger partial charge in [-0.05, 0) is 12.1 Å². The second-order valence-corrected chi connectivity index (χ2v) is 2.81. The molecule has 0 fully saturated rings. The van der Waals surface area contributed by atoms with Gasteiger partial charge in [0.15, 0.2) is 5.76 Å². The largest absolute Gasteiger partial charge is 0.457 e. The number of imidazole rings is 1. The van der Waals surface area contributed by atoms with E-state index in [-0.39, 0.29) is 6.61 Å². The highest BCUT2D eigenvalue weighted by molar-refractivity contribution is 5.51. The van der Waals surface area contributed by atoms with Crippen molar-refractivity contribution in [2.45, 2.75) is 6.61 Å². The zero-order valence-electron chi connectivity index (χ0n) is 7.27. The molecule has 68 valence electrons. The number of aromatic nitrogens is 2. The van der Waals surface area contributed by atoms with Crippen LogP contribution in [-0.2, 0) is 13.7 Å². The molecule has 0 amide bonds. The summed E-state index contributed by atoms with van der Waals surface area (Å²) >= 11 is 0. The lowest BCUT2D eigenvalue weighted by molar-refractivity contribution is 0.248. The van der Waals surface area contributed by atoms with Crippen molar-refractivity contribution in [1.82, 2.24) is 9.55 Å². The Morgan fingerprint density at radius 2 is 2.38 bits per heavy atom. The molecule has 0 aliphatic rings. The third-order valence-corrected chi connectivity index (χ3v) is 1.89. The summed E-state index contributed by atoms with van der Waals surface area (Å²) in [6.07, 6.45) is 3.43. The van der Waals surface area contributed by atoms with Crippen LogP contribution in [0.15, 0.2) is 29.1 Å². The molecule has 0 aliphatic heterocycles. The quantitative estimate of drug-likeness (QED) is 0.751. The number of aryl methyl sites for hydroxylation is 1. The van der Waals surface area contributed by atoms with Gasteiger partial charge in [-0.3, -0.25) is 0 Å². The minimum atomic E-state index is -0.0716. The van der Waals surface area contributed by atoms with E-state index >= 15 is 0 Å². The molecule has 0 radical (unpaired) electrons. The molecule has 0 bridgehead atoms. The molecular formula is C9H10N2O2. The average molecular weight is 178 g/mol. The summed E-state index contributed by atoms with van der Waals surface area (Å²) in [7, 11) is 1.89. The van der Waals surface area contributed by atoms with Crippen molar-refractivity contribution in [3.05, 3.63) is 30.4 Å². The van der Waals surface area contributed by atoms with E-state index in [9.17, 15) is 0 Å². The van der Waals surface area contributed by atoms with Crippen LogP contribution in [0.2, 0.25) is 0 Å². The minimum absolute atomic E-state index is 0.0716. The normalized spacial score (nSPS) is 10.6. The molecule has 2 heterocycles. The molecule has 2 rings (SSSR count). The van der Waals surface area contributed by atoms with E-state index < -0.39 is 0 Å². The first-order chi connectivity index (χ1) is 6.31. The molecule has 0 atom stereocenters. The van der Waals surface area contributed by atoms with Gasteiger partial charge >= 0.3 is 0 Å². The number of rotatable bonds is 2. The van der Waals surface area contributed by atoms with Crippen LogP contribution in [0.25, 0.3) is 11.5 Å². The molecule has 0 aliphatic carbocycles. The van der Waals surface area contributed by atoms with E-state index in [4.69, 9.17) is 9.52 Å². The van der Waals surface area contributed by atoms with E-state index in [1.807, 2.05) is 17.7 Å². The van der Waals surface area contributed by atoms with Crippen molar-refractivity contribution in [1.29, 1.82) is 0 Å². The van der Waals surface area contributed by atoms with Crippen LogP contribution in [0, 0.1) is 0 Å². The number of furan rings is 1. The second kappa shape index (κ2) is 3.06. The maximum absolute atomic E-state index is 8.80. The van der Waals surface area contributed by atoms with Gasteiger partial charge in [-0.25, -0.2) is 4.98 Å². The number of hydrogen-bond donors (Lipinski definition) is 1. The highest BCUT2D eigenvalue weighted by Gasteiger charge is 2.06. The van der Waals surface area contributed by atoms with Gasteiger partial charge in [0.05, 0.1) is 12.5 Å². The van der Waals surface area contributed by atoms with Gasteiger partial charge in [0, 0.05) is 7.05 Å². The second-order valence-electron chi connectivity index (χ2n) is 2.81. The SMILES string of the molecule is Cn1cncc1-c1ccc(CO)o1. The first-order valence-corrected chi connectivity index (χ1v) is 3.97. The zero-order valence-corrected chi connectivity index (χ0v) is 7.27. The minimum Gasteiger partial charge on any atom is -0.457 e. The molecule has 0 saturated carbocycles. The average Bonchev–Trinajstić information content (AvgIpc) is 2.71. The van der Waals surface area contributed by atoms with E-state index in [2.05, 4.69) is 4.98 Å². The van der Waals surface area contributed by atoms with Gasteiger partial charge in [0.1, 0.15) is 18.1 Å². The van der Waals surface area contributed by atoms with Crippen LogP contribution in [-0.4, -0.2) is 14.7 Å². The fourth-order valence-electron chi connectivity index (χ4n) is 1.20. The zero-order chi connectivity index (χ0) is 9.26. The summed E-state index contributed by atoms with van der Waals surface area (Å²) in [6, 6.07) is 3.57. The van der Waals surface area contributed by atoms with Gasteiger partial charge < -0.3 is 14.1 Å². The summed E-state index contributed by atoms with van der Waals surface area (Å²) in [5.74, 6) is 1.29. The van der Waals surface area contributed by atoms with Crippen molar-refractivity contribution in [3.63, 3.8) is 0 Å². The van der Waals surface area contributed by atoms with E-state index in [0.717, 1.165) is 11.5 Å². The van der Waals surface area contributed by atoms with Gasteiger partial charge in [0.25, 0.3) is 0 Å². The summed E-state index contributed by atoms with van der Waals surface area (Å²) < 4.78 is 7.21. The van der Waals surface area contributed by atoms with E-state index in [1.165, 1.54) is 0 Å². The van der Waals surface area contributed by atoms with Crippen LogP contribution in [0.3, 0.4) is 0 Å². The van der Waals surface area contributed by atoms with Crippen molar-refractivity contribution >= 4 is 0 Å². The molecule has 0 unspecified atom stereocenters. The summed E-state index contributed by atoms with van der Waals surface area (Å²) in [6.45, 7) is -0.0716. The van der Waals surface area contributed by atoms with Crippen molar-refractivity contribution in [2.75, 3.05) is 0 Å². The predicted molar refractivity (Wildman–Crippen MR) is 46.8 cm³/mol. The Balaban J connectivity index is 2.41. The molecule has 0 spiro atoms. The van der Waals surface area contributed by atoms with Gasteiger partial charge in [-0.1, -0.05) is 0 Å². The van der Waals surface area contributed by atoms with Crippen molar-refractivity contribution < 1.29 is 9.52 Å². The van der Waals surface area contributed by atoms with E-state index in [1.54, 1.807) is 18.6 Å². The number of aliphatic hydroxyl groups is 1. The topological polar surface area (TPSA) is 51.2 Å². The van der Waals surface area contributed by atoms with Gasteiger partial charge in [-0.2, -0.15) is 0 Å². The lowest BCUT2D eigenvalue weighted by Gasteiger charge is -1.96. The smallest absolute Gasteiger partial charge is 0.152 e. The van der Waals surface area contributed by atoms with Gasteiger partial charge in [-0.15, -0.1) is 0 Å². The third kappa shape index (κ3) is 1.36. The molecule has 1 N–H and O–H groups in total. The molecular weight excluding hydrogens is 168 g/mol. The van der Waals surface area contributed by atoms with Crippen LogP contribution >= 0.6 is 0 Å². The van der Waals surface area contributed by atoms with Crippen LogP contribution in [0.4, 0.5) is 0 Å². The Morgan fingerprint density at radius 1 is 1.54 bits per heavy atom. The maximum Gasteiger partial charge on any atom is 0.152 e. The lowest BCUT2D eigenvalue weighted by atomic mass is 10.3. The first-order valence-electron chi connectivity index (χ1n) is 3.97. The molecule has 0 saturated heterocycles.